The number of halogens is 2. The fourth-order valence-electron chi connectivity index (χ4n) is 1.63. The Labute approximate surface area is 130 Å². The third-order valence-corrected chi connectivity index (χ3v) is 3.39. The molecular weight excluding hydrogens is 321 g/mol. The highest BCUT2D eigenvalue weighted by Crippen LogP contribution is 2.24. The molecule has 1 aromatic rings. The van der Waals surface area contributed by atoms with Crippen LogP contribution < -0.4 is 5.32 Å². The van der Waals surface area contributed by atoms with E-state index in [1.807, 2.05) is 0 Å². The molecule has 1 amide bonds. The van der Waals surface area contributed by atoms with E-state index >= 15 is 0 Å². The molecule has 21 heavy (non-hydrogen) atoms. The SMILES string of the molecule is O=C(O)CC[C@H](NC(=O)Cc1c(Cl)cccc1Cl)C(=O)O. The van der Waals surface area contributed by atoms with Crippen LogP contribution in [0.1, 0.15) is 18.4 Å². The zero-order valence-corrected chi connectivity index (χ0v) is 12.3. The second kappa shape index (κ2) is 7.85. The lowest BCUT2D eigenvalue weighted by Crippen LogP contribution is -2.41. The predicted octanol–water partition coefficient (Wildman–Crippen LogP) is 1.97. The van der Waals surface area contributed by atoms with E-state index in [9.17, 15) is 14.4 Å². The molecule has 0 heterocycles. The molecule has 114 valence electrons. The van der Waals surface area contributed by atoms with Gasteiger partial charge in [-0.3, -0.25) is 9.59 Å². The molecule has 0 saturated carbocycles. The van der Waals surface area contributed by atoms with Crippen molar-refractivity contribution < 1.29 is 24.6 Å². The van der Waals surface area contributed by atoms with Crippen LogP contribution in [0.3, 0.4) is 0 Å². The monoisotopic (exact) mass is 333 g/mol. The second-order valence-corrected chi connectivity index (χ2v) is 5.08. The lowest BCUT2D eigenvalue weighted by molar-refractivity contribution is -0.143. The quantitative estimate of drug-likeness (QED) is 0.707. The number of carbonyl (C=O) groups is 3. The van der Waals surface area contributed by atoms with E-state index in [0.717, 1.165) is 0 Å². The van der Waals surface area contributed by atoms with Gasteiger partial charge >= 0.3 is 11.9 Å². The largest absolute Gasteiger partial charge is 0.481 e. The molecule has 0 bridgehead atoms. The van der Waals surface area contributed by atoms with Gasteiger partial charge in [-0.2, -0.15) is 0 Å². The van der Waals surface area contributed by atoms with E-state index in [1.165, 1.54) is 0 Å². The third-order valence-electron chi connectivity index (χ3n) is 2.68. The molecule has 8 heteroatoms. The van der Waals surface area contributed by atoms with Crippen molar-refractivity contribution in [3.05, 3.63) is 33.8 Å². The number of amides is 1. The summed E-state index contributed by atoms with van der Waals surface area (Å²) in [4.78, 5) is 33.3. The average molecular weight is 334 g/mol. The van der Waals surface area contributed by atoms with E-state index in [4.69, 9.17) is 33.4 Å². The number of carboxylic acid groups (broad SMARTS) is 2. The standard InChI is InChI=1S/C13H13Cl2NO5/c14-8-2-1-3-9(15)7(8)6-11(17)16-10(13(20)21)4-5-12(18)19/h1-3,10H,4-6H2,(H,16,17)(H,18,19)(H,20,21)/t10-/m0/s1. The van der Waals surface area contributed by atoms with Gasteiger partial charge < -0.3 is 15.5 Å². The number of carbonyl (C=O) groups excluding carboxylic acids is 1. The summed E-state index contributed by atoms with van der Waals surface area (Å²) in [7, 11) is 0. The first-order valence-corrected chi connectivity index (χ1v) is 6.73. The summed E-state index contributed by atoms with van der Waals surface area (Å²) in [5.41, 5.74) is 0.390. The Morgan fingerprint density at radius 1 is 1.14 bits per heavy atom. The molecule has 0 unspecified atom stereocenters. The van der Waals surface area contributed by atoms with E-state index < -0.39 is 23.9 Å². The maximum absolute atomic E-state index is 11.8. The first-order valence-electron chi connectivity index (χ1n) is 5.98. The minimum atomic E-state index is -1.30. The Morgan fingerprint density at radius 3 is 2.19 bits per heavy atom. The van der Waals surface area contributed by atoms with Gasteiger partial charge in [0, 0.05) is 16.5 Å². The van der Waals surface area contributed by atoms with Gasteiger partial charge in [0.05, 0.1) is 6.42 Å². The number of hydrogen-bond donors (Lipinski definition) is 3. The van der Waals surface area contributed by atoms with Crippen molar-refractivity contribution in [2.24, 2.45) is 0 Å². The zero-order chi connectivity index (χ0) is 16.0. The molecule has 0 aliphatic heterocycles. The minimum Gasteiger partial charge on any atom is -0.481 e. The summed E-state index contributed by atoms with van der Waals surface area (Å²) >= 11 is 11.8. The Kier molecular flexibility index (Phi) is 6.45. The van der Waals surface area contributed by atoms with Crippen LogP contribution in [0.2, 0.25) is 10.0 Å². The Bertz CT molecular complexity index is 541. The van der Waals surface area contributed by atoms with Gasteiger partial charge in [0.25, 0.3) is 0 Å². The van der Waals surface area contributed by atoms with Crippen LogP contribution >= 0.6 is 23.2 Å². The van der Waals surface area contributed by atoms with Crippen LogP contribution in [0.4, 0.5) is 0 Å². The zero-order valence-electron chi connectivity index (χ0n) is 10.8. The topological polar surface area (TPSA) is 104 Å². The van der Waals surface area contributed by atoms with Crippen LogP contribution in [0.25, 0.3) is 0 Å². The number of benzene rings is 1. The van der Waals surface area contributed by atoms with Crippen molar-refractivity contribution in [2.45, 2.75) is 25.3 Å². The van der Waals surface area contributed by atoms with Crippen molar-refractivity contribution in [3.63, 3.8) is 0 Å². The molecule has 0 aliphatic rings. The highest BCUT2D eigenvalue weighted by Gasteiger charge is 2.21. The van der Waals surface area contributed by atoms with Crippen LogP contribution in [-0.2, 0) is 20.8 Å². The summed E-state index contributed by atoms with van der Waals surface area (Å²) in [6.45, 7) is 0. The van der Waals surface area contributed by atoms with Crippen molar-refractivity contribution in [1.29, 1.82) is 0 Å². The van der Waals surface area contributed by atoms with Gasteiger partial charge in [-0.15, -0.1) is 0 Å². The molecule has 0 aliphatic carbocycles. The number of nitrogens with one attached hydrogen (secondary N) is 1. The first kappa shape index (κ1) is 17.3. The molecule has 0 radical (unpaired) electrons. The van der Waals surface area contributed by atoms with Crippen LogP contribution in [0.15, 0.2) is 18.2 Å². The van der Waals surface area contributed by atoms with Crippen molar-refractivity contribution in [3.8, 4) is 0 Å². The molecule has 1 aromatic carbocycles. The summed E-state index contributed by atoms with van der Waals surface area (Å²) in [6.07, 6.45) is -0.744. The first-order chi connectivity index (χ1) is 9.81. The maximum Gasteiger partial charge on any atom is 0.326 e. The average Bonchev–Trinajstić information content (AvgIpc) is 2.38. The highest BCUT2D eigenvalue weighted by atomic mass is 35.5. The molecule has 0 spiro atoms. The molecule has 0 saturated heterocycles. The summed E-state index contributed by atoms with van der Waals surface area (Å²) in [6, 6.07) is 3.48. The number of hydrogen-bond acceptors (Lipinski definition) is 3. The molecule has 0 fully saturated rings. The lowest BCUT2D eigenvalue weighted by atomic mass is 10.1. The van der Waals surface area contributed by atoms with Crippen LogP contribution in [-0.4, -0.2) is 34.1 Å². The Hall–Kier alpha value is -1.79. The maximum atomic E-state index is 11.8. The molecule has 1 atom stereocenters. The molecule has 1 rings (SSSR count). The summed E-state index contributed by atoms with van der Waals surface area (Å²) < 4.78 is 0. The number of aliphatic carboxylic acids is 2. The normalized spacial score (nSPS) is 11.7. The van der Waals surface area contributed by atoms with Gasteiger partial charge in [0.1, 0.15) is 6.04 Å². The van der Waals surface area contributed by atoms with Crippen molar-refractivity contribution in [2.75, 3.05) is 0 Å². The van der Waals surface area contributed by atoms with Gasteiger partial charge in [0.2, 0.25) is 5.91 Å². The molecule has 0 aromatic heterocycles. The van der Waals surface area contributed by atoms with Gasteiger partial charge in [-0.25, -0.2) is 4.79 Å². The molecular formula is C13H13Cl2NO5. The van der Waals surface area contributed by atoms with E-state index in [-0.39, 0.29) is 19.3 Å². The van der Waals surface area contributed by atoms with Crippen molar-refractivity contribution >= 4 is 41.0 Å². The Balaban J connectivity index is 2.70. The molecule has 3 N–H and O–H groups in total. The van der Waals surface area contributed by atoms with Crippen molar-refractivity contribution in [1.82, 2.24) is 5.32 Å². The number of carboxylic acids is 2. The minimum absolute atomic E-state index is 0.185. The van der Waals surface area contributed by atoms with E-state index in [0.29, 0.717) is 15.6 Å². The fourth-order valence-corrected chi connectivity index (χ4v) is 2.16. The van der Waals surface area contributed by atoms with E-state index in [2.05, 4.69) is 5.32 Å². The summed E-state index contributed by atoms with van der Waals surface area (Å²) in [5, 5.41) is 20.4. The van der Waals surface area contributed by atoms with Crippen LogP contribution in [0, 0.1) is 0 Å². The summed E-state index contributed by atoms with van der Waals surface area (Å²) in [5.74, 6) is -3.03. The number of rotatable bonds is 7. The predicted molar refractivity (Wildman–Crippen MR) is 76.6 cm³/mol. The third kappa shape index (κ3) is 5.61. The highest BCUT2D eigenvalue weighted by molar-refractivity contribution is 6.36. The lowest BCUT2D eigenvalue weighted by Gasteiger charge is -2.14. The van der Waals surface area contributed by atoms with Gasteiger partial charge in [0.15, 0.2) is 0 Å². The van der Waals surface area contributed by atoms with Gasteiger partial charge in [-0.1, -0.05) is 29.3 Å². The van der Waals surface area contributed by atoms with E-state index in [1.54, 1.807) is 18.2 Å². The van der Waals surface area contributed by atoms with Gasteiger partial charge in [-0.05, 0) is 24.1 Å². The smallest absolute Gasteiger partial charge is 0.326 e. The molecule has 6 nitrogen and oxygen atoms in total. The van der Waals surface area contributed by atoms with Crippen LogP contribution in [0.5, 0.6) is 0 Å². The Morgan fingerprint density at radius 2 is 1.71 bits per heavy atom. The fraction of sp³-hybridized carbons (Fsp3) is 0.308. The second-order valence-electron chi connectivity index (χ2n) is 4.27.